The predicted molar refractivity (Wildman–Crippen MR) is 104 cm³/mol. The summed E-state index contributed by atoms with van der Waals surface area (Å²) in [5.74, 6) is -1.75. The quantitative estimate of drug-likeness (QED) is 0.787. The average molecular weight is 401 g/mol. The lowest BCUT2D eigenvalue weighted by molar-refractivity contribution is -0.166. The number of nitrogens with two attached hydrogens (primary N) is 1. The first-order valence-corrected chi connectivity index (χ1v) is 10.0. The van der Waals surface area contributed by atoms with Gasteiger partial charge in [0.2, 0.25) is 5.91 Å². The number of amides is 1. The summed E-state index contributed by atoms with van der Waals surface area (Å²) in [7, 11) is 0. The van der Waals surface area contributed by atoms with Crippen LogP contribution in [0.25, 0.3) is 11.3 Å². The van der Waals surface area contributed by atoms with Crippen LogP contribution in [0.5, 0.6) is 0 Å². The highest BCUT2D eigenvalue weighted by atomic mass is 19.1. The van der Waals surface area contributed by atoms with Crippen LogP contribution in [0.1, 0.15) is 63.6 Å². The van der Waals surface area contributed by atoms with Gasteiger partial charge in [-0.2, -0.15) is 5.10 Å². The number of halogens is 2. The highest BCUT2D eigenvalue weighted by molar-refractivity contribution is 5.79. The minimum Gasteiger partial charge on any atom is -0.367 e. The zero-order valence-electron chi connectivity index (χ0n) is 16.8. The first kappa shape index (κ1) is 19.9. The van der Waals surface area contributed by atoms with Gasteiger partial charge >= 0.3 is 0 Å². The number of hydrogen-bond donors (Lipinski definition) is 1. The van der Waals surface area contributed by atoms with Crippen LogP contribution >= 0.6 is 0 Å². The lowest BCUT2D eigenvalue weighted by Gasteiger charge is -2.39. The van der Waals surface area contributed by atoms with Crippen molar-refractivity contribution < 1.29 is 18.3 Å². The molecule has 2 N–H and O–H groups in total. The second kappa shape index (κ2) is 6.83. The summed E-state index contributed by atoms with van der Waals surface area (Å²) >= 11 is 0. The smallest absolute Gasteiger partial charge is 0.246 e. The lowest BCUT2D eigenvalue weighted by atomic mass is 9.77. The first-order chi connectivity index (χ1) is 13.7. The van der Waals surface area contributed by atoms with Crippen LogP contribution in [0.2, 0.25) is 0 Å². The van der Waals surface area contributed by atoms with Gasteiger partial charge in [-0.25, -0.2) is 8.78 Å². The van der Waals surface area contributed by atoms with E-state index in [4.69, 9.17) is 10.5 Å². The summed E-state index contributed by atoms with van der Waals surface area (Å²) < 4.78 is 34.9. The van der Waals surface area contributed by atoms with E-state index in [9.17, 15) is 13.6 Å². The molecular formula is C22H25F2N3O2. The fourth-order valence-corrected chi connectivity index (χ4v) is 5.16. The third-order valence-corrected chi connectivity index (χ3v) is 6.71. The molecule has 2 aliphatic carbocycles. The zero-order chi connectivity index (χ0) is 21.0. The highest BCUT2D eigenvalue weighted by Gasteiger charge is 2.65. The van der Waals surface area contributed by atoms with E-state index in [1.165, 1.54) is 18.2 Å². The first-order valence-electron chi connectivity index (χ1n) is 10.0. The van der Waals surface area contributed by atoms with Crippen molar-refractivity contribution in [2.24, 2.45) is 11.1 Å². The number of hydrogen-bond acceptors (Lipinski definition) is 4. The molecule has 0 unspecified atom stereocenters. The van der Waals surface area contributed by atoms with Gasteiger partial charge in [0.05, 0.1) is 17.0 Å². The molecule has 0 aliphatic heterocycles. The van der Waals surface area contributed by atoms with Crippen LogP contribution in [0.15, 0.2) is 24.3 Å². The Labute approximate surface area is 168 Å². The summed E-state index contributed by atoms with van der Waals surface area (Å²) in [5, 5.41) is 8.52. The third-order valence-electron chi connectivity index (χ3n) is 6.71. The van der Waals surface area contributed by atoms with Crippen LogP contribution in [-0.2, 0) is 15.1 Å². The molecule has 0 radical (unpaired) electrons. The van der Waals surface area contributed by atoms with Gasteiger partial charge in [0.1, 0.15) is 23.3 Å². The molecule has 154 valence electrons. The normalized spacial score (nSPS) is 25.1. The molecule has 0 saturated heterocycles. The molecule has 2 aliphatic rings. The molecule has 1 aromatic carbocycles. The van der Waals surface area contributed by atoms with E-state index in [0.717, 1.165) is 18.4 Å². The molecule has 29 heavy (non-hydrogen) atoms. The van der Waals surface area contributed by atoms with Crippen molar-refractivity contribution in [1.29, 1.82) is 0 Å². The van der Waals surface area contributed by atoms with Gasteiger partial charge in [0.25, 0.3) is 0 Å². The molecule has 5 nitrogen and oxygen atoms in total. The summed E-state index contributed by atoms with van der Waals surface area (Å²) in [4.78, 5) is 12.0. The van der Waals surface area contributed by atoms with E-state index < -0.39 is 29.2 Å². The topological polar surface area (TPSA) is 78.1 Å². The summed E-state index contributed by atoms with van der Waals surface area (Å²) in [6.07, 6.45) is 2.11. The van der Waals surface area contributed by atoms with E-state index in [1.54, 1.807) is 6.07 Å². The van der Waals surface area contributed by atoms with Crippen LogP contribution in [0, 0.1) is 17.0 Å². The highest BCUT2D eigenvalue weighted by Crippen LogP contribution is 2.68. The van der Waals surface area contributed by atoms with Crippen LogP contribution in [0.3, 0.4) is 0 Å². The van der Waals surface area contributed by atoms with Gasteiger partial charge in [-0.3, -0.25) is 4.79 Å². The Kier molecular flexibility index (Phi) is 4.69. The number of primary amides is 1. The molecule has 1 saturated carbocycles. The van der Waals surface area contributed by atoms with Crippen LogP contribution in [0.4, 0.5) is 8.78 Å². The minimum atomic E-state index is -0.791. The van der Waals surface area contributed by atoms with Gasteiger partial charge in [-0.05, 0) is 48.9 Å². The number of aromatic nitrogens is 2. The van der Waals surface area contributed by atoms with Crippen molar-refractivity contribution in [2.75, 3.05) is 0 Å². The monoisotopic (exact) mass is 401 g/mol. The SMILES string of the molecule is CCC[C@@H](O[C@@]12CC[C@@H](c3cc(-c4c(F)cccc4F)nnc31)C2(C)C)C(N)=O. The van der Waals surface area contributed by atoms with Crippen molar-refractivity contribution in [2.45, 2.75) is 64.1 Å². The number of nitrogens with zero attached hydrogens (tertiary/aromatic N) is 2. The molecule has 1 fully saturated rings. The Morgan fingerprint density at radius 2 is 2.00 bits per heavy atom. The van der Waals surface area contributed by atoms with Crippen molar-refractivity contribution in [3.8, 4) is 11.3 Å². The second-order valence-corrected chi connectivity index (χ2v) is 8.57. The molecule has 1 aromatic heterocycles. The molecule has 1 heterocycles. The second-order valence-electron chi connectivity index (χ2n) is 8.57. The Hall–Kier alpha value is -2.41. The molecule has 2 aromatic rings. The van der Waals surface area contributed by atoms with Crippen LogP contribution < -0.4 is 5.73 Å². The molecule has 1 amide bonds. The van der Waals surface area contributed by atoms with E-state index >= 15 is 0 Å². The van der Waals surface area contributed by atoms with Crippen molar-refractivity contribution in [1.82, 2.24) is 10.2 Å². The van der Waals surface area contributed by atoms with E-state index in [2.05, 4.69) is 24.0 Å². The van der Waals surface area contributed by atoms with Crippen molar-refractivity contribution in [3.05, 3.63) is 47.2 Å². The fourth-order valence-electron chi connectivity index (χ4n) is 5.16. The fraction of sp³-hybridized carbons (Fsp3) is 0.500. The number of benzene rings is 1. The molecule has 2 bridgehead atoms. The van der Waals surface area contributed by atoms with Gasteiger partial charge in [0.15, 0.2) is 0 Å². The molecule has 0 spiro atoms. The maximum Gasteiger partial charge on any atom is 0.246 e. The van der Waals surface area contributed by atoms with E-state index in [-0.39, 0.29) is 22.6 Å². The summed E-state index contributed by atoms with van der Waals surface area (Å²) in [5.41, 5.74) is 5.97. The predicted octanol–water partition coefficient (Wildman–Crippen LogP) is 4.20. The lowest BCUT2D eigenvalue weighted by Crippen LogP contribution is -2.45. The summed E-state index contributed by atoms with van der Waals surface area (Å²) in [6, 6.07) is 5.45. The number of fused-ring (bicyclic) bond motifs is 5. The Balaban J connectivity index is 1.82. The number of carbonyl (C=O) groups excluding carboxylic acids is 1. The minimum absolute atomic E-state index is 0.0942. The number of rotatable bonds is 6. The van der Waals surface area contributed by atoms with Crippen molar-refractivity contribution in [3.63, 3.8) is 0 Å². The van der Waals surface area contributed by atoms with Gasteiger partial charge in [-0.15, -0.1) is 5.10 Å². The third kappa shape index (κ3) is 2.78. The molecular weight excluding hydrogens is 376 g/mol. The standard InChI is InChI=1S/C22H25F2N3O2/c1-4-6-17(20(25)28)29-22-10-9-13(21(22,2)3)12-11-16(26-27-19(12)22)18-14(23)7-5-8-15(18)24/h5,7-8,11,13,17H,4,6,9-10H2,1-3H3,(H2,25,28)/t13-,17+,22-/m0/s1. The largest absolute Gasteiger partial charge is 0.367 e. The maximum absolute atomic E-state index is 14.3. The molecule has 7 heteroatoms. The number of carbonyl (C=O) groups is 1. The maximum atomic E-state index is 14.3. The average Bonchev–Trinajstić information content (AvgIpc) is 3.01. The van der Waals surface area contributed by atoms with E-state index in [0.29, 0.717) is 18.5 Å². The molecule has 3 atom stereocenters. The van der Waals surface area contributed by atoms with Gasteiger partial charge < -0.3 is 10.5 Å². The molecule has 4 rings (SSSR count). The van der Waals surface area contributed by atoms with Crippen LogP contribution in [-0.4, -0.2) is 22.2 Å². The zero-order valence-corrected chi connectivity index (χ0v) is 16.8. The Bertz CT molecular complexity index is 958. The van der Waals surface area contributed by atoms with Gasteiger partial charge in [-0.1, -0.05) is 33.3 Å². The number of ether oxygens (including phenoxy) is 1. The van der Waals surface area contributed by atoms with Crippen molar-refractivity contribution >= 4 is 5.91 Å². The Morgan fingerprint density at radius 1 is 1.31 bits per heavy atom. The summed E-state index contributed by atoms with van der Waals surface area (Å²) in [6.45, 7) is 6.14. The van der Waals surface area contributed by atoms with Gasteiger partial charge in [0, 0.05) is 5.41 Å². The van der Waals surface area contributed by atoms with E-state index in [1.807, 2.05) is 6.92 Å². The Morgan fingerprint density at radius 3 is 2.62 bits per heavy atom.